The highest BCUT2D eigenvalue weighted by atomic mass is 35.5. The molecule has 2 aromatic rings. The maximum atomic E-state index is 13.3. The molecule has 0 spiro atoms. The molecular formula is C20H20ClF2NO3. The molecule has 0 saturated heterocycles. The molecule has 2 atom stereocenters. The number of nitrogens with one attached hydrogen (secondary N) is 1. The normalized spacial score (nSPS) is 13.0. The predicted molar refractivity (Wildman–Crippen MR) is 100 cm³/mol. The molecule has 1 amide bonds. The molecule has 0 aliphatic heterocycles. The molecule has 0 aliphatic carbocycles. The van der Waals surface area contributed by atoms with Crippen molar-refractivity contribution in [2.75, 3.05) is 5.32 Å². The molecule has 0 saturated carbocycles. The lowest BCUT2D eigenvalue weighted by atomic mass is 9.97. The second-order valence-corrected chi connectivity index (χ2v) is 6.59. The van der Waals surface area contributed by atoms with Crippen LogP contribution >= 0.6 is 11.6 Å². The van der Waals surface area contributed by atoms with Gasteiger partial charge in [-0.15, -0.1) is 0 Å². The molecule has 2 rings (SSSR count). The predicted octanol–water partition coefficient (Wildman–Crippen LogP) is 5.32. The van der Waals surface area contributed by atoms with Crippen LogP contribution in [0.4, 0.5) is 14.5 Å². The van der Waals surface area contributed by atoms with E-state index in [0.29, 0.717) is 17.8 Å². The smallest absolute Gasteiger partial charge is 0.340 e. The van der Waals surface area contributed by atoms with E-state index >= 15 is 0 Å². The van der Waals surface area contributed by atoms with E-state index in [1.54, 1.807) is 12.1 Å². The minimum Gasteiger partial charge on any atom is -0.449 e. The van der Waals surface area contributed by atoms with Gasteiger partial charge in [-0.25, -0.2) is 13.6 Å². The number of amides is 1. The van der Waals surface area contributed by atoms with Gasteiger partial charge in [0.05, 0.1) is 10.6 Å². The number of ether oxygens (including phenoxy) is 1. The number of carbonyl (C=O) groups is 2. The Morgan fingerprint density at radius 1 is 1.15 bits per heavy atom. The summed E-state index contributed by atoms with van der Waals surface area (Å²) in [5.74, 6) is -3.73. The maximum Gasteiger partial charge on any atom is 0.340 e. The van der Waals surface area contributed by atoms with Crippen molar-refractivity contribution in [3.8, 4) is 0 Å². The average molecular weight is 396 g/mol. The quantitative estimate of drug-likeness (QED) is 0.532. The summed E-state index contributed by atoms with van der Waals surface area (Å²) in [6.45, 7) is 5.46. The third-order valence-electron chi connectivity index (χ3n) is 4.24. The molecule has 144 valence electrons. The van der Waals surface area contributed by atoms with Crippen LogP contribution in [0.1, 0.15) is 49.0 Å². The molecule has 1 N–H and O–H groups in total. The summed E-state index contributed by atoms with van der Waals surface area (Å²) in [6.07, 6.45) is -0.266. The lowest BCUT2D eigenvalue weighted by Crippen LogP contribution is -2.30. The number of rotatable bonds is 6. The average Bonchev–Trinajstić information content (AvgIpc) is 2.64. The summed E-state index contributed by atoms with van der Waals surface area (Å²) in [5, 5.41) is 2.44. The van der Waals surface area contributed by atoms with Crippen LogP contribution < -0.4 is 5.32 Å². The van der Waals surface area contributed by atoms with Crippen LogP contribution in [-0.4, -0.2) is 18.0 Å². The minimum absolute atomic E-state index is 0.236. The Hall–Kier alpha value is -2.47. The molecular weight excluding hydrogens is 376 g/mol. The van der Waals surface area contributed by atoms with E-state index in [-0.39, 0.29) is 16.5 Å². The Balaban J connectivity index is 2.11. The van der Waals surface area contributed by atoms with Crippen LogP contribution in [0, 0.1) is 11.6 Å². The summed E-state index contributed by atoms with van der Waals surface area (Å²) < 4.78 is 31.5. The third-order valence-corrected chi connectivity index (χ3v) is 4.56. The van der Waals surface area contributed by atoms with E-state index in [1.807, 2.05) is 26.0 Å². The van der Waals surface area contributed by atoms with E-state index in [1.165, 1.54) is 6.92 Å². The van der Waals surface area contributed by atoms with Crippen molar-refractivity contribution in [3.05, 3.63) is 64.2 Å². The molecule has 27 heavy (non-hydrogen) atoms. The Morgan fingerprint density at radius 2 is 1.78 bits per heavy atom. The molecule has 7 heteroatoms. The molecule has 0 fully saturated rings. The number of hydrogen-bond acceptors (Lipinski definition) is 3. The van der Waals surface area contributed by atoms with Crippen molar-refractivity contribution in [1.82, 2.24) is 0 Å². The molecule has 2 aromatic carbocycles. The molecule has 0 radical (unpaired) electrons. The first-order valence-electron chi connectivity index (χ1n) is 8.49. The van der Waals surface area contributed by atoms with Gasteiger partial charge in [0, 0.05) is 5.69 Å². The van der Waals surface area contributed by atoms with Crippen LogP contribution in [0.15, 0.2) is 36.4 Å². The monoisotopic (exact) mass is 395 g/mol. The van der Waals surface area contributed by atoms with E-state index in [0.717, 1.165) is 12.0 Å². The van der Waals surface area contributed by atoms with Crippen molar-refractivity contribution < 1.29 is 23.1 Å². The number of halogens is 3. The van der Waals surface area contributed by atoms with E-state index < -0.39 is 29.6 Å². The summed E-state index contributed by atoms with van der Waals surface area (Å²) in [4.78, 5) is 24.5. The highest BCUT2D eigenvalue weighted by molar-refractivity contribution is 6.33. The molecule has 0 unspecified atom stereocenters. The van der Waals surface area contributed by atoms with Gasteiger partial charge in [0.25, 0.3) is 5.91 Å². The molecule has 0 heterocycles. The summed E-state index contributed by atoms with van der Waals surface area (Å²) in [7, 11) is 0. The molecule has 4 nitrogen and oxygen atoms in total. The molecule has 0 aromatic heterocycles. The summed E-state index contributed by atoms with van der Waals surface area (Å²) >= 11 is 5.75. The van der Waals surface area contributed by atoms with Gasteiger partial charge >= 0.3 is 5.97 Å². The van der Waals surface area contributed by atoms with Gasteiger partial charge in [0.15, 0.2) is 17.7 Å². The minimum atomic E-state index is -1.23. The van der Waals surface area contributed by atoms with Crippen LogP contribution in [-0.2, 0) is 9.53 Å². The number of carbonyl (C=O) groups excluding carboxylic acids is 2. The van der Waals surface area contributed by atoms with Crippen LogP contribution in [0.3, 0.4) is 0 Å². The van der Waals surface area contributed by atoms with Crippen molar-refractivity contribution >= 4 is 29.2 Å². The lowest BCUT2D eigenvalue weighted by molar-refractivity contribution is -0.123. The maximum absolute atomic E-state index is 13.3. The van der Waals surface area contributed by atoms with Gasteiger partial charge in [-0.05, 0) is 43.0 Å². The second-order valence-electron chi connectivity index (χ2n) is 6.18. The van der Waals surface area contributed by atoms with Gasteiger partial charge in [-0.3, -0.25) is 4.79 Å². The Kier molecular flexibility index (Phi) is 6.91. The zero-order valence-corrected chi connectivity index (χ0v) is 15.9. The van der Waals surface area contributed by atoms with Crippen molar-refractivity contribution in [3.63, 3.8) is 0 Å². The highest BCUT2D eigenvalue weighted by Gasteiger charge is 2.23. The standard InChI is InChI=1S/C20H20ClF2NO3/c1-4-11(2)13-7-5-6-8-18(13)24-19(25)12(3)27-20(26)14-9-16(22)17(23)10-15(14)21/h5-12H,4H2,1-3H3,(H,24,25)/t11-,12+/m1/s1. The van der Waals surface area contributed by atoms with Crippen molar-refractivity contribution in [1.29, 1.82) is 0 Å². The van der Waals surface area contributed by atoms with E-state index in [2.05, 4.69) is 5.32 Å². The van der Waals surface area contributed by atoms with Gasteiger partial charge < -0.3 is 10.1 Å². The molecule has 0 bridgehead atoms. The topological polar surface area (TPSA) is 55.4 Å². The van der Waals surface area contributed by atoms with Gasteiger partial charge in [0.1, 0.15) is 0 Å². The van der Waals surface area contributed by atoms with Crippen LogP contribution in [0.5, 0.6) is 0 Å². The number of esters is 1. The van der Waals surface area contributed by atoms with Gasteiger partial charge in [0.2, 0.25) is 0 Å². The first-order chi connectivity index (χ1) is 12.7. The highest BCUT2D eigenvalue weighted by Crippen LogP contribution is 2.27. The number of hydrogen-bond donors (Lipinski definition) is 1. The first-order valence-corrected chi connectivity index (χ1v) is 8.87. The van der Waals surface area contributed by atoms with E-state index in [4.69, 9.17) is 16.3 Å². The largest absolute Gasteiger partial charge is 0.449 e. The van der Waals surface area contributed by atoms with Crippen LogP contribution in [0.25, 0.3) is 0 Å². The molecule has 0 aliphatic rings. The number of benzene rings is 2. The zero-order chi connectivity index (χ0) is 20.1. The third kappa shape index (κ3) is 5.04. The number of para-hydroxylation sites is 1. The Morgan fingerprint density at radius 3 is 2.44 bits per heavy atom. The van der Waals surface area contributed by atoms with Gasteiger partial charge in [-0.1, -0.05) is 43.6 Å². The first kappa shape index (κ1) is 20.8. The summed E-state index contributed by atoms with van der Waals surface area (Å²) in [5.41, 5.74) is 1.25. The van der Waals surface area contributed by atoms with Crippen molar-refractivity contribution in [2.45, 2.75) is 39.2 Å². The van der Waals surface area contributed by atoms with Crippen LogP contribution in [0.2, 0.25) is 5.02 Å². The Bertz CT molecular complexity index is 857. The SMILES string of the molecule is CC[C@@H](C)c1ccccc1NC(=O)[C@H](C)OC(=O)c1cc(F)c(F)cc1Cl. The van der Waals surface area contributed by atoms with Gasteiger partial charge in [-0.2, -0.15) is 0 Å². The number of anilines is 1. The fourth-order valence-corrected chi connectivity index (χ4v) is 2.68. The zero-order valence-electron chi connectivity index (χ0n) is 15.2. The second kappa shape index (κ2) is 8.95. The Labute approximate surface area is 161 Å². The fourth-order valence-electron chi connectivity index (χ4n) is 2.45. The van der Waals surface area contributed by atoms with E-state index in [9.17, 15) is 18.4 Å². The lowest BCUT2D eigenvalue weighted by Gasteiger charge is -2.18. The fraction of sp³-hybridized carbons (Fsp3) is 0.300. The summed E-state index contributed by atoms with van der Waals surface area (Å²) in [6, 6.07) is 8.68. The van der Waals surface area contributed by atoms with Crippen molar-refractivity contribution in [2.24, 2.45) is 0 Å².